The van der Waals surface area contributed by atoms with E-state index in [-0.39, 0.29) is 0 Å². The van der Waals surface area contributed by atoms with Gasteiger partial charge in [-0.05, 0) is 37.6 Å². The molecule has 1 aliphatic heterocycles. The SMILES string of the molecule is Cc1cc(C(O)c2ccc3c(c2)OCCO3)c(C)nn1. The van der Waals surface area contributed by atoms with Crippen LogP contribution in [0, 0.1) is 13.8 Å². The first kappa shape index (κ1) is 12.9. The molecule has 2 heterocycles. The number of nitrogens with zero attached hydrogens (tertiary/aromatic N) is 2. The number of fused-ring (bicyclic) bond motifs is 1. The Morgan fingerprint density at radius 2 is 1.80 bits per heavy atom. The second-order valence-corrected chi connectivity index (χ2v) is 4.83. The van der Waals surface area contributed by atoms with Crippen LogP contribution in [0.2, 0.25) is 0 Å². The van der Waals surface area contributed by atoms with Crippen molar-refractivity contribution in [2.24, 2.45) is 0 Å². The molecule has 0 bridgehead atoms. The second kappa shape index (κ2) is 5.09. The molecule has 2 aromatic rings. The van der Waals surface area contributed by atoms with Gasteiger partial charge in [0.2, 0.25) is 0 Å². The highest BCUT2D eigenvalue weighted by molar-refractivity contribution is 5.46. The van der Waals surface area contributed by atoms with Gasteiger partial charge in [0.05, 0.1) is 11.4 Å². The lowest BCUT2D eigenvalue weighted by atomic mass is 10.00. The molecule has 1 N–H and O–H groups in total. The maximum Gasteiger partial charge on any atom is 0.161 e. The fourth-order valence-corrected chi connectivity index (χ4v) is 2.26. The van der Waals surface area contributed by atoms with E-state index in [2.05, 4.69) is 10.2 Å². The molecule has 1 unspecified atom stereocenters. The average molecular weight is 272 g/mol. The summed E-state index contributed by atoms with van der Waals surface area (Å²) in [6.45, 7) is 4.78. The molecule has 5 nitrogen and oxygen atoms in total. The molecular weight excluding hydrogens is 256 g/mol. The third kappa shape index (κ3) is 2.32. The quantitative estimate of drug-likeness (QED) is 0.905. The zero-order chi connectivity index (χ0) is 14.1. The van der Waals surface area contributed by atoms with E-state index in [4.69, 9.17) is 9.47 Å². The van der Waals surface area contributed by atoms with E-state index in [1.807, 2.05) is 38.1 Å². The number of hydrogen-bond donors (Lipinski definition) is 1. The first-order valence-electron chi connectivity index (χ1n) is 6.53. The summed E-state index contributed by atoms with van der Waals surface area (Å²) >= 11 is 0. The van der Waals surface area contributed by atoms with E-state index in [1.165, 1.54) is 0 Å². The molecule has 20 heavy (non-hydrogen) atoms. The normalized spacial score (nSPS) is 14.9. The Labute approximate surface area is 117 Å². The van der Waals surface area contributed by atoms with Crippen LogP contribution in [0.4, 0.5) is 0 Å². The Hall–Kier alpha value is -2.14. The topological polar surface area (TPSA) is 64.5 Å². The van der Waals surface area contributed by atoms with Crippen LogP contribution in [0.25, 0.3) is 0 Å². The first-order chi connectivity index (χ1) is 9.65. The van der Waals surface area contributed by atoms with Crippen molar-refractivity contribution in [3.63, 3.8) is 0 Å². The first-order valence-corrected chi connectivity index (χ1v) is 6.53. The van der Waals surface area contributed by atoms with E-state index >= 15 is 0 Å². The van der Waals surface area contributed by atoms with Crippen LogP contribution in [-0.2, 0) is 0 Å². The fraction of sp³-hybridized carbons (Fsp3) is 0.333. The molecule has 0 amide bonds. The summed E-state index contributed by atoms with van der Waals surface area (Å²) < 4.78 is 11.0. The second-order valence-electron chi connectivity index (χ2n) is 4.83. The van der Waals surface area contributed by atoms with Crippen LogP contribution in [0.15, 0.2) is 24.3 Å². The van der Waals surface area contributed by atoms with Gasteiger partial charge in [-0.3, -0.25) is 0 Å². The number of benzene rings is 1. The lowest BCUT2D eigenvalue weighted by Crippen LogP contribution is -2.16. The predicted molar refractivity (Wildman–Crippen MR) is 73.0 cm³/mol. The number of aliphatic hydroxyl groups is 1. The zero-order valence-electron chi connectivity index (χ0n) is 11.5. The molecule has 1 atom stereocenters. The van der Waals surface area contributed by atoms with Crippen molar-refractivity contribution in [3.8, 4) is 11.5 Å². The van der Waals surface area contributed by atoms with Gasteiger partial charge in [0.15, 0.2) is 11.5 Å². The van der Waals surface area contributed by atoms with Crippen molar-refractivity contribution >= 4 is 0 Å². The third-order valence-corrected chi connectivity index (χ3v) is 3.32. The van der Waals surface area contributed by atoms with E-state index in [1.54, 1.807) is 0 Å². The minimum atomic E-state index is -0.750. The van der Waals surface area contributed by atoms with Gasteiger partial charge in [-0.15, -0.1) is 0 Å². The van der Waals surface area contributed by atoms with E-state index in [0.717, 1.165) is 22.5 Å². The Kier molecular flexibility index (Phi) is 3.28. The van der Waals surface area contributed by atoms with Crippen molar-refractivity contribution in [1.29, 1.82) is 0 Å². The van der Waals surface area contributed by atoms with Crippen molar-refractivity contribution in [2.75, 3.05) is 13.2 Å². The van der Waals surface area contributed by atoms with Gasteiger partial charge in [-0.2, -0.15) is 10.2 Å². The van der Waals surface area contributed by atoms with Crippen molar-refractivity contribution in [1.82, 2.24) is 10.2 Å². The molecule has 0 saturated carbocycles. The predicted octanol–water partition coefficient (Wildman–Crippen LogP) is 1.95. The van der Waals surface area contributed by atoms with Crippen molar-refractivity contribution in [2.45, 2.75) is 20.0 Å². The minimum Gasteiger partial charge on any atom is -0.486 e. The third-order valence-electron chi connectivity index (χ3n) is 3.32. The van der Waals surface area contributed by atoms with Crippen molar-refractivity contribution in [3.05, 3.63) is 46.8 Å². The summed E-state index contributed by atoms with van der Waals surface area (Å²) in [4.78, 5) is 0. The van der Waals surface area contributed by atoms with Crippen LogP contribution in [0.5, 0.6) is 11.5 Å². The highest BCUT2D eigenvalue weighted by Crippen LogP contribution is 2.34. The van der Waals surface area contributed by atoms with Crippen LogP contribution in [0.3, 0.4) is 0 Å². The van der Waals surface area contributed by atoms with Gasteiger partial charge in [-0.25, -0.2) is 0 Å². The smallest absolute Gasteiger partial charge is 0.161 e. The largest absolute Gasteiger partial charge is 0.486 e. The lowest BCUT2D eigenvalue weighted by Gasteiger charge is -2.20. The van der Waals surface area contributed by atoms with Crippen LogP contribution >= 0.6 is 0 Å². The molecule has 0 spiro atoms. The molecule has 1 aromatic carbocycles. The minimum absolute atomic E-state index is 0.529. The number of rotatable bonds is 2. The molecule has 5 heteroatoms. The Balaban J connectivity index is 1.97. The molecule has 3 rings (SSSR count). The Morgan fingerprint density at radius 1 is 1.05 bits per heavy atom. The molecule has 0 aliphatic carbocycles. The Bertz CT molecular complexity index is 643. The summed E-state index contributed by atoms with van der Waals surface area (Å²) in [5.74, 6) is 1.39. The highest BCUT2D eigenvalue weighted by atomic mass is 16.6. The highest BCUT2D eigenvalue weighted by Gasteiger charge is 2.18. The maximum atomic E-state index is 10.5. The number of aromatic nitrogens is 2. The molecule has 0 radical (unpaired) electrons. The number of hydrogen-bond acceptors (Lipinski definition) is 5. The van der Waals surface area contributed by atoms with E-state index in [0.29, 0.717) is 24.7 Å². The van der Waals surface area contributed by atoms with Gasteiger partial charge in [0.1, 0.15) is 19.3 Å². The van der Waals surface area contributed by atoms with Crippen LogP contribution in [0.1, 0.15) is 28.6 Å². The summed E-state index contributed by atoms with van der Waals surface area (Å²) in [6, 6.07) is 7.33. The molecule has 104 valence electrons. The summed E-state index contributed by atoms with van der Waals surface area (Å²) in [5, 5.41) is 18.6. The van der Waals surface area contributed by atoms with E-state index in [9.17, 15) is 5.11 Å². The average Bonchev–Trinajstić information content (AvgIpc) is 2.48. The molecular formula is C15H16N2O3. The van der Waals surface area contributed by atoms with Gasteiger partial charge in [0.25, 0.3) is 0 Å². The molecule has 1 aromatic heterocycles. The Morgan fingerprint density at radius 3 is 2.60 bits per heavy atom. The molecule has 1 aliphatic rings. The number of aryl methyl sites for hydroxylation is 2. The lowest BCUT2D eigenvalue weighted by molar-refractivity contribution is 0.169. The van der Waals surface area contributed by atoms with Crippen molar-refractivity contribution < 1.29 is 14.6 Å². The monoisotopic (exact) mass is 272 g/mol. The van der Waals surface area contributed by atoms with Gasteiger partial charge in [0, 0.05) is 5.56 Å². The van der Waals surface area contributed by atoms with Gasteiger partial charge >= 0.3 is 0 Å². The fourth-order valence-electron chi connectivity index (χ4n) is 2.26. The van der Waals surface area contributed by atoms with Crippen LogP contribution in [-0.4, -0.2) is 28.5 Å². The van der Waals surface area contributed by atoms with E-state index < -0.39 is 6.10 Å². The summed E-state index contributed by atoms with van der Waals surface area (Å²) in [5.41, 5.74) is 3.01. The summed E-state index contributed by atoms with van der Waals surface area (Å²) in [7, 11) is 0. The molecule has 0 fully saturated rings. The van der Waals surface area contributed by atoms with Gasteiger partial charge in [-0.1, -0.05) is 6.07 Å². The summed E-state index contributed by atoms with van der Waals surface area (Å²) in [6.07, 6.45) is -0.750. The number of aliphatic hydroxyl groups excluding tert-OH is 1. The standard InChI is InChI=1S/C15H16N2O3/c1-9-7-12(10(2)17-16-9)15(18)11-3-4-13-14(8-11)20-6-5-19-13/h3-4,7-8,15,18H,5-6H2,1-2H3. The van der Waals surface area contributed by atoms with Gasteiger partial charge < -0.3 is 14.6 Å². The zero-order valence-corrected chi connectivity index (χ0v) is 11.5. The maximum absolute atomic E-state index is 10.5. The number of ether oxygens (including phenoxy) is 2. The molecule has 0 saturated heterocycles. The van der Waals surface area contributed by atoms with Crippen LogP contribution < -0.4 is 9.47 Å².